The van der Waals surface area contributed by atoms with Gasteiger partial charge in [-0.1, -0.05) is 0 Å². The molecule has 0 amide bonds. The number of aromatic amines is 1. The summed E-state index contributed by atoms with van der Waals surface area (Å²) in [6, 6.07) is 7.27. The maximum atomic E-state index is 11.3. The lowest BCUT2D eigenvalue weighted by molar-refractivity contribution is 0.561. The molecule has 3 aromatic rings. The van der Waals surface area contributed by atoms with Crippen LogP contribution in [-0.2, 0) is 12.8 Å². The molecule has 0 saturated heterocycles. The third kappa shape index (κ3) is 1.27. The topological polar surface area (TPSA) is 46.0 Å². The number of benzene rings is 1. The molecule has 0 aliphatic heterocycles. The molecular weight excluding hydrogens is 226 g/mol. The first-order valence-corrected chi connectivity index (χ1v) is 6.39. The Morgan fingerprint density at radius 2 is 1.94 bits per heavy atom. The van der Waals surface area contributed by atoms with Crippen molar-refractivity contribution in [2.45, 2.75) is 25.7 Å². The molecule has 1 aromatic carbocycles. The van der Waals surface area contributed by atoms with Crippen LogP contribution < -0.4 is 5.63 Å². The number of H-pyrrole nitrogens is 1. The molecule has 1 aliphatic carbocycles. The molecule has 0 saturated carbocycles. The van der Waals surface area contributed by atoms with E-state index in [-0.39, 0.29) is 5.63 Å². The molecule has 0 bridgehead atoms. The fraction of sp³-hybridized carbons (Fsp3) is 0.267. The molecule has 2 heterocycles. The van der Waals surface area contributed by atoms with Gasteiger partial charge in [-0.25, -0.2) is 4.79 Å². The zero-order valence-corrected chi connectivity index (χ0v) is 9.95. The van der Waals surface area contributed by atoms with Gasteiger partial charge in [0, 0.05) is 28.0 Å². The van der Waals surface area contributed by atoms with E-state index >= 15 is 0 Å². The van der Waals surface area contributed by atoms with Crippen molar-refractivity contribution in [3.8, 4) is 0 Å². The molecule has 1 aliphatic rings. The Morgan fingerprint density at radius 3 is 2.89 bits per heavy atom. The van der Waals surface area contributed by atoms with Crippen molar-refractivity contribution in [2.75, 3.05) is 0 Å². The molecule has 0 fully saturated rings. The third-order valence-corrected chi connectivity index (χ3v) is 3.86. The molecule has 0 atom stereocenters. The highest BCUT2D eigenvalue weighted by Gasteiger charge is 2.17. The van der Waals surface area contributed by atoms with Gasteiger partial charge in [0.2, 0.25) is 0 Å². The van der Waals surface area contributed by atoms with Crippen LogP contribution in [0.25, 0.3) is 21.9 Å². The van der Waals surface area contributed by atoms with E-state index in [9.17, 15) is 4.79 Å². The minimum absolute atomic E-state index is 0.286. The van der Waals surface area contributed by atoms with Gasteiger partial charge >= 0.3 is 5.63 Å². The van der Waals surface area contributed by atoms with E-state index < -0.39 is 0 Å². The van der Waals surface area contributed by atoms with E-state index in [1.54, 1.807) is 0 Å². The second-order valence-electron chi connectivity index (χ2n) is 4.94. The van der Waals surface area contributed by atoms with E-state index in [4.69, 9.17) is 4.42 Å². The van der Waals surface area contributed by atoms with Crippen LogP contribution in [0.4, 0.5) is 0 Å². The molecule has 90 valence electrons. The summed E-state index contributed by atoms with van der Waals surface area (Å²) in [5, 5.41) is 2.29. The lowest BCUT2D eigenvalue weighted by atomic mass is 9.94. The fourth-order valence-electron chi connectivity index (χ4n) is 3.06. The Bertz CT molecular complexity index is 810. The lowest BCUT2D eigenvalue weighted by Crippen LogP contribution is -2.00. The Morgan fingerprint density at radius 1 is 1.06 bits per heavy atom. The zero-order valence-electron chi connectivity index (χ0n) is 9.95. The van der Waals surface area contributed by atoms with Crippen LogP contribution >= 0.6 is 0 Å². The smallest absolute Gasteiger partial charge is 0.336 e. The van der Waals surface area contributed by atoms with Crippen LogP contribution in [0.15, 0.2) is 33.5 Å². The standard InChI is InChI=1S/C15H13NO2/c17-14-8-5-10-13(18-14)7-6-12-15(10)9-3-1-2-4-11(9)16-12/h5-8,16H,1-4H2. The lowest BCUT2D eigenvalue weighted by Gasteiger charge is -2.10. The van der Waals surface area contributed by atoms with Crippen LogP contribution in [0.2, 0.25) is 0 Å². The summed E-state index contributed by atoms with van der Waals surface area (Å²) in [6.07, 6.45) is 4.75. The van der Waals surface area contributed by atoms with Gasteiger partial charge < -0.3 is 9.40 Å². The summed E-state index contributed by atoms with van der Waals surface area (Å²) in [4.78, 5) is 14.8. The largest absolute Gasteiger partial charge is 0.423 e. The van der Waals surface area contributed by atoms with Crippen molar-refractivity contribution in [1.82, 2.24) is 4.98 Å². The predicted octanol–water partition coefficient (Wildman–Crippen LogP) is 3.15. The van der Waals surface area contributed by atoms with Crippen LogP contribution in [0.3, 0.4) is 0 Å². The summed E-state index contributed by atoms with van der Waals surface area (Å²) >= 11 is 0. The highest BCUT2D eigenvalue weighted by atomic mass is 16.4. The normalized spacial score (nSPS) is 15.1. The SMILES string of the molecule is O=c1ccc2c(ccc3[nH]c4c(c32)CCCC4)o1. The Hall–Kier alpha value is -2.03. The first-order chi connectivity index (χ1) is 8.83. The highest BCUT2D eigenvalue weighted by Crippen LogP contribution is 2.33. The van der Waals surface area contributed by atoms with E-state index in [0.29, 0.717) is 5.58 Å². The number of fused-ring (bicyclic) bond motifs is 5. The zero-order chi connectivity index (χ0) is 12.1. The molecular formula is C15H13NO2. The average molecular weight is 239 g/mol. The van der Waals surface area contributed by atoms with E-state index in [0.717, 1.165) is 23.7 Å². The first kappa shape index (κ1) is 9.95. The van der Waals surface area contributed by atoms with Crippen molar-refractivity contribution in [3.05, 3.63) is 45.9 Å². The molecule has 18 heavy (non-hydrogen) atoms. The van der Waals surface area contributed by atoms with Gasteiger partial charge in [0.15, 0.2) is 0 Å². The predicted molar refractivity (Wildman–Crippen MR) is 71.0 cm³/mol. The van der Waals surface area contributed by atoms with Gasteiger partial charge in [0.25, 0.3) is 0 Å². The molecule has 2 aromatic heterocycles. The number of aromatic nitrogens is 1. The molecule has 3 nitrogen and oxygen atoms in total. The minimum Gasteiger partial charge on any atom is -0.423 e. The second kappa shape index (κ2) is 3.48. The minimum atomic E-state index is -0.286. The van der Waals surface area contributed by atoms with Crippen molar-refractivity contribution >= 4 is 21.9 Å². The Balaban J connectivity index is 2.20. The van der Waals surface area contributed by atoms with Crippen molar-refractivity contribution in [3.63, 3.8) is 0 Å². The second-order valence-corrected chi connectivity index (χ2v) is 4.94. The van der Waals surface area contributed by atoms with Gasteiger partial charge in [-0.05, 0) is 49.4 Å². The van der Waals surface area contributed by atoms with Crippen molar-refractivity contribution < 1.29 is 4.42 Å². The highest BCUT2D eigenvalue weighted by molar-refractivity contribution is 6.06. The quantitative estimate of drug-likeness (QED) is 0.612. The average Bonchev–Trinajstić information content (AvgIpc) is 2.77. The number of hydrogen-bond acceptors (Lipinski definition) is 2. The monoisotopic (exact) mass is 239 g/mol. The van der Waals surface area contributed by atoms with Crippen LogP contribution in [0.5, 0.6) is 0 Å². The summed E-state index contributed by atoms with van der Waals surface area (Å²) in [7, 11) is 0. The van der Waals surface area contributed by atoms with Crippen LogP contribution in [-0.4, -0.2) is 4.98 Å². The van der Waals surface area contributed by atoms with E-state index in [1.807, 2.05) is 18.2 Å². The fourth-order valence-corrected chi connectivity index (χ4v) is 3.06. The van der Waals surface area contributed by atoms with Gasteiger partial charge in [0.05, 0.1) is 0 Å². The Kier molecular flexibility index (Phi) is 1.92. The number of nitrogens with one attached hydrogen (secondary N) is 1. The molecule has 3 heteroatoms. The summed E-state index contributed by atoms with van der Waals surface area (Å²) in [6.45, 7) is 0. The molecule has 0 radical (unpaired) electrons. The molecule has 4 rings (SSSR count). The van der Waals surface area contributed by atoms with Crippen LogP contribution in [0.1, 0.15) is 24.1 Å². The molecule has 0 spiro atoms. The Labute approximate surface area is 103 Å². The number of aryl methyl sites for hydroxylation is 2. The molecule has 1 N–H and O–H groups in total. The van der Waals surface area contributed by atoms with Gasteiger partial charge in [0.1, 0.15) is 5.58 Å². The molecule has 0 unspecified atom stereocenters. The van der Waals surface area contributed by atoms with Crippen LogP contribution in [0, 0.1) is 0 Å². The maximum Gasteiger partial charge on any atom is 0.336 e. The van der Waals surface area contributed by atoms with E-state index in [1.165, 1.54) is 35.6 Å². The maximum absolute atomic E-state index is 11.3. The first-order valence-electron chi connectivity index (χ1n) is 6.39. The summed E-state index contributed by atoms with van der Waals surface area (Å²) in [5.74, 6) is 0. The van der Waals surface area contributed by atoms with Gasteiger partial charge in [-0.15, -0.1) is 0 Å². The van der Waals surface area contributed by atoms with Gasteiger partial charge in [-0.2, -0.15) is 0 Å². The number of rotatable bonds is 0. The van der Waals surface area contributed by atoms with E-state index in [2.05, 4.69) is 4.98 Å². The van der Waals surface area contributed by atoms with Crippen molar-refractivity contribution in [1.29, 1.82) is 0 Å². The third-order valence-electron chi connectivity index (χ3n) is 3.86. The number of hydrogen-bond donors (Lipinski definition) is 1. The summed E-state index contributed by atoms with van der Waals surface area (Å²) in [5.41, 5.74) is 4.32. The van der Waals surface area contributed by atoms with Gasteiger partial charge in [-0.3, -0.25) is 0 Å². The summed E-state index contributed by atoms with van der Waals surface area (Å²) < 4.78 is 5.26. The van der Waals surface area contributed by atoms with Crippen molar-refractivity contribution in [2.24, 2.45) is 0 Å².